The summed E-state index contributed by atoms with van der Waals surface area (Å²) < 4.78 is 0. The second-order valence-electron chi connectivity index (χ2n) is 4.72. The van der Waals surface area contributed by atoms with Crippen molar-refractivity contribution in [2.24, 2.45) is 0 Å². The fraction of sp³-hybridized carbons (Fsp3) is 0.286. The van der Waals surface area contributed by atoms with Gasteiger partial charge in [-0.05, 0) is 42.5 Å². The van der Waals surface area contributed by atoms with Gasteiger partial charge in [-0.3, -0.25) is 4.98 Å². The molecule has 0 unspecified atom stereocenters. The zero-order chi connectivity index (χ0) is 12.7. The Kier molecular flexibility index (Phi) is 2.71. The minimum atomic E-state index is -0.969. The van der Waals surface area contributed by atoms with Crippen molar-refractivity contribution in [1.82, 2.24) is 4.98 Å². The maximum Gasteiger partial charge on any atom is 0.337 e. The Morgan fingerprint density at radius 2 is 2.11 bits per heavy atom. The smallest absolute Gasteiger partial charge is 0.337 e. The summed E-state index contributed by atoms with van der Waals surface area (Å²) in [4.78, 5) is 15.1. The van der Waals surface area contributed by atoms with Crippen LogP contribution in [0.1, 0.15) is 41.1 Å². The van der Waals surface area contributed by atoms with Crippen LogP contribution < -0.4 is 0 Å². The Bertz CT molecular complexity index is 635. The van der Waals surface area contributed by atoms with Crippen molar-refractivity contribution in [1.29, 1.82) is 0 Å². The first kappa shape index (κ1) is 11.5. The van der Waals surface area contributed by atoms with E-state index in [9.17, 15) is 4.79 Å². The lowest BCUT2D eigenvalue weighted by molar-refractivity contribution is 0.0696. The number of carboxylic acids is 1. The van der Waals surface area contributed by atoms with Crippen LogP contribution in [0.4, 0.5) is 0 Å². The minimum Gasteiger partial charge on any atom is -0.478 e. The molecular weight excluding hydrogens is 250 g/mol. The highest BCUT2D eigenvalue weighted by Gasteiger charge is 2.22. The number of hydrogen-bond donors (Lipinski definition) is 1. The summed E-state index contributed by atoms with van der Waals surface area (Å²) in [7, 11) is 0. The van der Waals surface area contributed by atoms with E-state index >= 15 is 0 Å². The summed E-state index contributed by atoms with van der Waals surface area (Å²) >= 11 is 6.27. The Morgan fingerprint density at radius 3 is 2.72 bits per heavy atom. The Hall–Kier alpha value is -1.61. The zero-order valence-electron chi connectivity index (χ0n) is 9.69. The average Bonchev–Trinajstić information content (AvgIpc) is 2.27. The number of aromatic carboxylic acids is 1. The van der Waals surface area contributed by atoms with Gasteiger partial charge in [0.2, 0.25) is 0 Å². The van der Waals surface area contributed by atoms with Crippen LogP contribution in [-0.4, -0.2) is 16.1 Å². The lowest BCUT2D eigenvalue weighted by atomic mass is 9.80. The minimum absolute atomic E-state index is 0.190. The van der Waals surface area contributed by atoms with Gasteiger partial charge in [0.15, 0.2) is 0 Å². The van der Waals surface area contributed by atoms with Gasteiger partial charge in [-0.25, -0.2) is 4.79 Å². The first-order valence-electron chi connectivity index (χ1n) is 5.97. The number of hydrogen-bond acceptors (Lipinski definition) is 2. The van der Waals surface area contributed by atoms with Crippen molar-refractivity contribution < 1.29 is 9.90 Å². The van der Waals surface area contributed by atoms with Crippen molar-refractivity contribution in [3.63, 3.8) is 0 Å². The van der Waals surface area contributed by atoms with Crippen LogP contribution in [0.15, 0.2) is 24.4 Å². The molecule has 18 heavy (non-hydrogen) atoms. The van der Waals surface area contributed by atoms with Crippen molar-refractivity contribution in [2.75, 3.05) is 0 Å². The van der Waals surface area contributed by atoms with Crippen LogP contribution in [-0.2, 0) is 0 Å². The number of benzene rings is 1. The molecule has 0 saturated heterocycles. The molecule has 0 radical (unpaired) electrons. The highest BCUT2D eigenvalue weighted by molar-refractivity contribution is 6.32. The molecule has 0 atom stereocenters. The number of fused-ring (bicyclic) bond motifs is 1. The lowest BCUT2D eigenvalue weighted by Crippen LogP contribution is -2.09. The van der Waals surface area contributed by atoms with Crippen LogP contribution in [0.3, 0.4) is 0 Å². The molecule has 1 heterocycles. The number of nitrogens with zero attached hydrogens (tertiary/aromatic N) is 1. The second-order valence-corrected chi connectivity index (χ2v) is 5.13. The van der Waals surface area contributed by atoms with Gasteiger partial charge in [-0.1, -0.05) is 18.0 Å². The molecule has 1 N–H and O–H groups in total. The number of aromatic nitrogens is 1. The summed E-state index contributed by atoms with van der Waals surface area (Å²) in [5.74, 6) is -0.425. The molecule has 1 saturated carbocycles. The molecule has 92 valence electrons. The predicted molar refractivity (Wildman–Crippen MR) is 70.3 cm³/mol. The van der Waals surface area contributed by atoms with Gasteiger partial charge in [-0.2, -0.15) is 0 Å². The normalized spacial score (nSPS) is 15.6. The van der Waals surface area contributed by atoms with Crippen LogP contribution in [0.5, 0.6) is 0 Å². The third-order valence-corrected chi connectivity index (χ3v) is 3.92. The quantitative estimate of drug-likeness (QED) is 0.893. The molecule has 2 aromatic rings. The summed E-state index contributed by atoms with van der Waals surface area (Å²) in [6.45, 7) is 0. The molecular formula is C14H12ClNO2. The zero-order valence-corrected chi connectivity index (χ0v) is 10.4. The first-order valence-corrected chi connectivity index (χ1v) is 6.35. The Balaban J connectivity index is 2.13. The fourth-order valence-electron chi connectivity index (χ4n) is 2.31. The van der Waals surface area contributed by atoms with Gasteiger partial charge < -0.3 is 5.11 Å². The van der Waals surface area contributed by atoms with E-state index < -0.39 is 5.97 Å². The van der Waals surface area contributed by atoms with Crippen LogP contribution in [0.2, 0.25) is 5.02 Å². The van der Waals surface area contributed by atoms with E-state index in [0.717, 1.165) is 21.5 Å². The molecule has 0 amide bonds. The van der Waals surface area contributed by atoms with E-state index in [1.54, 1.807) is 6.07 Å². The van der Waals surface area contributed by atoms with Gasteiger partial charge in [0.05, 0.1) is 11.1 Å². The molecule has 0 aliphatic heterocycles. The van der Waals surface area contributed by atoms with Gasteiger partial charge >= 0.3 is 5.97 Å². The van der Waals surface area contributed by atoms with Crippen LogP contribution in [0, 0.1) is 0 Å². The highest BCUT2D eigenvalue weighted by atomic mass is 35.5. The molecule has 1 fully saturated rings. The SMILES string of the molecule is O=C(O)c1cnc2cc(C3CCC3)c(Cl)cc2c1. The highest BCUT2D eigenvalue weighted by Crippen LogP contribution is 2.40. The maximum absolute atomic E-state index is 10.9. The standard InChI is InChI=1S/C14H12ClNO2/c15-12-5-9-4-10(14(17)18)7-16-13(9)6-11(12)8-2-1-3-8/h4-8H,1-3H2,(H,17,18). The monoisotopic (exact) mass is 261 g/mol. The molecule has 4 heteroatoms. The summed E-state index contributed by atoms with van der Waals surface area (Å²) in [5, 5.41) is 10.4. The molecule has 0 spiro atoms. The van der Waals surface area contributed by atoms with E-state index in [4.69, 9.17) is 16.7 Å². The van der Waals surface area contributed by atoms with E-state index in [-0.39, 0.29) is 5.56 Å². The third-order valence-electron chi connectivity index (χ3n) is 3.59. The Morgan fingerprint density at radius 1 is 1.33 bits per heavy atom. The summed E-state index contributed by atoms with van der Waals surface area (Å²) in [6.07, 6.45) is 5.00. The lowest BCUT2D eigenvalue weighted by Gasteiger charge is -2.26. The molecule has 1 aromatic carbocycles. The van der Waals surface area contributed by atoms with Gasteiger partial charge in [0, 0.05) is 16.6 Å². The number of pyridine rings is 1. The van der Waals surface area contributed by atoms with Gasteiger partial charge in [-0.15, -0.1) is 0 Å². The summed E-state index contributed by atoms with van der Waals surface area (Å²) in [5.41, 5.74) is 2.15. The molecule has 3 rings (SSSR count). The third kappa shape index (κ3) is 1.85. The average molecular weight is 262 g/mol. The van der Waals surface area contributed by atoms with Crippen LogP contribution in [0.25, 0.3) is 10.9 Å². The predicted octanol–water partition coefficient (Wildman–Crippen LogP) is 3.85. The largest absolute Gasteiger partial charge is 0.478 e. The maximum atomic E-state index is 10.9. The number of rotatable bonds is 2. The molecule has 3 nitrogen and oxygen atoms in total. The molecule has 1 aliphatic rings. The first-order chi connectivity index (χ1) is 8.65. The van der Waals surface area contributed by atoms with Crippen molar-refractivity contribution in [2.45, 2.75) is 25.2 Å². The molecule has 1 aliphatic carbocycles. The van der Waals surface area contributed by atoms with E-state index in [2.05, 4.69) is 4.98 Å². The topological polar surface area (TPSA) is 50.2 Å². The Labute approximate surface area is 109 Å². The van der Waals surface area contributed by atoms with Crippen LogP contribution >= 0.6 is 11.6 Å². The number of carboxylic acid groups (broad SMARTS) is 1. The number of carbonyl (C=O) groups is 1. The van der Waals surface area contributed by atoms with E-state index in [1.807, 2.05) is 12.1 Å². The molecule has 1 aromatic heterocycles. The van der Waals surface area contributed by atoms with Crippen molar-refractivity contribution in [3.8, 4) is 0 Å². The summed E-state index contributed by atoms with van der Waals surface area (Å²) in [6, 6.07) is 5.43. The number of halogens is 1. The van der Waals surface area contributed by atoms with Gasteiger partial charge in [0.1, 0.15) is 0 Å². The van der Waals surface area contributed by atoms with Gasteiger partial charge in [0.25, 0.3) is 0 Å². The van der Waals surface area contributed by atoms with Crippen molar-refractivity contribution in [3.05, 3.63) is 40.5 Å². The second kappa shape index (κ2) is 4.25. The fourth-order valence-corrected chi connectivity index (χ4v) is 2.64. The van der Waals surface area contributed by atoms with E-state index in [0.29, 0.717) is 5.92 Å². The van der Waals surface area contributed by atoms with E-state index in [1.165, 1.54) is 25.5 Å². The molecule has 0 bridgehead atoms. The van der Waals surface area contributed by atoms with Crippen molar-refractivity contribution >= 4 is 28.5 Å².